The van der Waals surface area contributed by atoms with Crippen LogP contribution in [0.25, 0.3) is 0 Å². The summed E-state index contributed by atoms with van der Waals surface area (Å²) in [6, 6.07) is -0.876. The van der Waals surface area contributed by atoms with Crippen LogP contribution in [0.1, 0.15) is 557 Å². The zero-order chi connectivity index (χ0) is 116. The van der Waals surface area contributed by atoms with E-state index < -0.39 is 22.8 Å². The molecule has 143 heavy (non-hydrogen) atoms. The van der Waals surface area contributed by atoms with Gasteiger partial charge in [-0.25, -0.2) is 4.79 Å². The molecule has 17 heteroatoms. The van der Waals surface area contributed by atoms with E-state index in [1.54, 1.807) is 41.5 Å². The molecule has 1 unspecified atom stereocenters. The number of nitrogens with zero attached hydrogens (tertiary/aromatic N) is 7. The lowest BCUT2D eigenvalue weighted by atomic mass is 9.86. The van der Waals surface area contributed by atoms with Crippen molar-refractivity contribution in [2.45, 2.75) is 630 Å². The molecule has 0 heterocycles. The van der Waals surface area contributed by atoms with Crippen LogP contribution in [0.4, 0.5) is 0 Å². The Morgan fingerprint density at radius 2 is 0.371 bits per heavy atom. The maximum absolute atomic E-state index is 12.3. The van der Waals surface area contributed by atoms with Crippen molar-refractivity contribution in [1.29, 1.82) is 0 Å². The first-order valence-electron chi connectivity index (χ1n) is 56.7. The Balaban J connectivity index is -0.000000172. The van der Waals surface area contributed by atoms with Gasteiger partial charge in [0.25, 0.3) is 0 Å². The summed E-state index contributed by atoms with van der Waals surface area (Å²) in [4.78, 5) is 52.0. The van der Waals surface area contributed by atoms with Crippen LogP contribution in [-0.2, 0) is 47.5 Å². The Morgan fingerprint density at radius 3 is 0.538 bits per heavy atom. The quantitative estimate of drug-likeness (QED) is 0.0424. The van der Waals surface area contributed by atoms with Crippen LogP contribution in [0.2, 0.25) is 0 Å². The lowest BCUT2D eigenvalue weighted by Crippen LogP contribution is -2.49. The number of hydrogen-bond donors (Lipinski definition) is 0. The Kier molecular flexibility index (Phi) is 82.8. The summed E-state index contributed by atoms with van der Waals surface area (Å²) >= 11 is 0. The number of methoxy groups -OCH3 is 1. The lowest BCUT2D eigenvalue weighted by Gasteiger charge is -2.35. The summed E-state index contributed by atoms with van der Waals surface area (Å²) in [7, 11) is 16.0. The number of hydrogen-bond acceptors (Lipinski definition) is 16. The Hall–Kier alpha value is -1.87. The number of ketones is 1. The zero-order valence-electron chi connectivity index (χ0n) is 111. The highest BCUT2D eigenvalue weighted by atomic mass is 16.5. The topological polar surface area (TPSA) is 138 Å². The van der Waals surface area contributed by atoms with Gasteiger partial charge in [-0.3, -0.25) is 9.59 Å². The van der Waals surface area contributed by atoms with E-state index in [1.165, 1.54) is 161 Å². The molecule has 0 N–H and O–H groups in total. The van der Waals surface area contributed by atoms with Crippen molar-refractivity contribution in [2.75, 3.05) is 135 Å². The van der Waals surface area contributed by atoms with E-state index in [1.807, 2.05) is 0 Å². The monoisotopic (exact) mass is 2050 g/mol. The third-order valence-electron chi connectivity index (χ3n) is 24.1. The summed E-state index contributed by atoms with van der Waals surface area (Å²) in [5.74, 6) is -0.848. The van der Waals surface area contributed by atoms with Gasteiger partial charge in [0.1, 0.15) is 11.8 Å². The molecular formula is C126H273N7O10. The van der Waals surface area contributed by atoms with Gasteiger partial charge in [0.05, 0.1) is 40.7 Å². The van der Waals surface area contributed by atoms with Crippen LogP contribution in [-0.4, -0.2) is 260 Å². The number of rotatable bonds is 40. The molecule has 0 bridgehead atoms. The first kappa shape index (κ1) is 161. The van der Waals surface area contributed by atoms with Crippen LogP contribution in [0.15, 0.2) is 0 Å². The van der Waals surface area contributed by atoms with Gasteiger partial charge in [-0.15, -0.1) is 0 Å². The van der Waals surface area contributed by atoms with Gasteiger partial charge in [0.15, 0.2) is 0 Å². The average Bonchev–Trinajstić information content (AvgIpc) is 0.825. The zero-order valence-corrected chi connectivity index (χ0v) is 111. The van der Waals surface area contributed by atoms with Crippen molar-refractivity contribution >= 4 is 17.7 Å². The van der Waals surface area contributed by atoms with Crippen LogP contribution in [0.3, 0.4) is 0 Å². The molecule has 0 aliphatic carbocycles. The number of esters is 1. The van der Waals surface area contributed by atoms with Gasteiger partial charge < -0.3 is 67.5 Å². The molecule has 872 valence electrons. The normalized spacial score (nSPS) is 13.6. The maximum atomic E-state index is 12.3. The number of Topliss-reactive ketones (excluding diaryl/α,β-unsaturated/α-hetero) is 1. The molecular weight excluding hydrogens is 1770 g/mol. The number of unbranched alkanes of at least 4 members (excludes halogenated alkanes) is 6. The van der Waals surface area contributed by atoms with Crippen molar-refractivity contribution < 1.29 is 47.5 Å². The van der Waals surface area contributed by atoms with E-state index in [4.69, 9.17) is 33.2 Å². The predicted molar refractivity (Wildman–Crippen MR) is 639 cm³/mol. The summed E-state index contributed by atoms with van der Waals surface area (Å²) < 4.78 is 38.5. The van der Waals surface area contributed by atoms with Crippen molar-refractivity contribution in [3.63, 3.8) is 0 Å². The van der Waals surface area contributed by atoms with E-state index in [0.29, 0.717) is 54.6 Å². The molecule has 0 saturated heterocycles. The van der Waals surface area contributed by atoms with E-state index in [0.717, 1.165) is 72.0 Å². The fourth-order valence-electron chi connectivity index (χ4n) is 12.2. The van der Waals surface area contributed by atoms with Crippen molar-refractivity contribution in [3.8, 4) is 0 Å². The second-order valence-corrected chi connectivity index (χ2v) is 62.6. The first-order valence-corrected chi connectivity index (χ1v) is 56.7. The van der Waals surface area contributed by atoms with Crippen LogP contribution in [0.5, 0.6) is 0 Å². The molecule has 0 aliphatic heterocycles. The molecule has 0 aliphatic rings. The van der Waals surface area contributed by atoms with Gasteiger partial charge in [-0.2, -0.15) is 0 Å². The van der Waals surface area contributed by atoms with Crippen molar-refractivity contribution in [3.05, 3.63) is 0 Å². The SMILES string of the molecule is CC(C)(C)CCCCCC(C)(C)C.CC(C)(C)CCCCOC(C)(C)C.CC(C)(C)CCCCOC(C)(C)C.CC(C)(C)OCCCOC(C)(C)C.CN(CCCCC(C)(C)C)C(C)(C)C.CN(CCCCC(C)(C)C)C(C)(C)C.CN(CCCN(C)C(C)(C)C)C(C)(C)C.CN(CCCOC(C)(C)C)C(C)(C)C.CN(CCCOC(C)(C)C)C(C)(C)C.COC(=O)C(CC(=O)C(C)(C)C)N(C)C(=O)C(C)(C)C. The van der Waals surface area contributed by atoms with Crippen LogP contribution < -0.4 is 0 Å². The highest BCUT2D eigenvalue weighted by Gasteiger charge is 2.38. The predicted octanol–water partition coefficient (Wildman–Crippen LogP) is 34.7. The molecule has 0 fully saturated rings. The Labute approximate surface area is 902 Å². The van der Waals surface area contributed by atoms with E-state index in [2.05, 4.69) is 446 Å². The third kappa shape index (κ3) is 132. The van der Waals surface area contributed by atoms with Gasteiger partial charge in [0.2, 0.25) is 5.91 Å². The summed E-state index contributed by atoms with van der Waals surface area (Å²) in [5.41, 5.74) is 3.60. The molecule has 17 nitrogen and oxygen atoms in total. The average molecular weight is 2050 g/mol. The lowest BCUT2D eigenvalue weighted by molar-refractivity contribution is -0.156. The van der Waals surface area contributed by atoms with E-state index >= 15 is 0 Å². The van der Waals surface area contributed by atoms with Crippen LogP contribution in [0, 0.1) is 43.3 Å². The van der Waals surface area contributed by atoms with Gasteiger partial charge in [-0.1, -0.05) is 211 Å². The molecule has 0 aromatic rings. The summed E-state index contributed by atoms with van der Waals surface area (Å²) in [6.07, 6.45) is 26.9. The fraction of sp³-hybridized carbons (Fsp3) is 0.976. The highest BCUT2D eigenvalue weighted by Crippen LogP contribution is 2.31. The van der Waals surface area contributed by atoms with Gasteiger partial charge >= 0.3 is 5.97 Å². The number of carbonyl (C=O) groups excluding carboxylic acids is 3. The smallest absolute Gasteiger partial charge is 0.329 e. The van der Waals surface area contributed by atoms with E-state index in [9.17, 15) is 14.4 Å². The summed E-state index contributed by atoms with van der Waals surface area (Å²) in [5, 5.41) is 0. The van der Waals surface area contributed by atoms with Gasteiger partial charge in [0, 0.05) is 110 Å². The largest absolute Gasteiger partial charge is 0.467 e. The highest BCUT2D eigenvalue weighted by molar-refractivity contribution is 5.93. The molecule has 1 atom stereocenters. The molecule has 0 rings (SSSR count). The minimum atomic E-state index is -0.876. The Bertz CT molecular complexity index is 2630. The van der Waals surface area contributed by atoms with Gasteiger partial charge in [-0.05, 0) is 440 Å². The minimum absolute atomic E-state index is 0.000302. The number of carbonyl (C=O) groups is 3. The fourth-order valence-corrected chi connectivity index (χ4v) is 12.2. The standard InChI is InChI=1S/C15H27NO4.C13H30N2.2C13H29N.C13H28.2C12H27NO.2C12H26O.C11H24O2/c1-14(2,3)11(17)9-10(12(18)20-8)16(7)13(19)15(4,5)6;1-12(2,3)14(7)10-9-11-15(8)13(4,5)6;2*1-12(2,3)10-8-9-11-14(7)13(4,5)6;1-12(2,3)10-8-7-9-11-13(4,5)6;2*1-11(2,3)13(7)9-8-10-14-12(4,5)6;2*1-11(2,3)9-7-8-10-13-12(4,5)6;1-10(2,3)12-8-7-9-13-11(4,5)6/h10H,9H2,1-8H3;9-11H2,1-8H3;2*8-11H2,1-7H3;7-11H2,1-6H3;2*8-10H2,1-7H3;2*7-10H2,1-6H3;7-9H2,1-6H3. The van der Waals surface area contributed by atoms with Crippen LogP contribution >= 0.6 is 0 Å². The molecule has 0 saturated carbocycles. The number of likely N-dealkylation sites (N-methyl/N-ethyl adjacent to an activating group) is 1. The van der Waals surface area contributed by atoms with Crippen molar-refractivity contribution in [1.82, 2.24) is 34.3 Å². The third-order valence-corrected chi connectivity index (χ3v) is 24.1. The van der Waals surface area contributed by atoms with Crippen molar-refractivity contribution in [2.24, 2.45) is 43.3 Å². The second kappa shape index (κ2) is 73.5. The summed E-state index contributed by atoms with van der Waals surface area (Å²) in [6.45, 7) is 143. The Morgan fingerprint density at radius 1 is 0.203 bits per heavy atom. The number of ether oxygens (including phenoxy) is 7. The van der Waals surface area contributed by atoms with E-state index in [-0.39, 0.29) is 62.8 Å². The molecule has 0 aromatic heterocycles. The number of amides is 1. The first-order chi connectivity index (χ1) is 62.7. The maximum Gasteiger partial charge on any atom is 0.329 e. The second-order valence-electron chi connectivity index (χ2n) is 62.6. The minimum Gasteiger partial charge on any atom is -0.467 e. The molecule has 0 radical (unpaired) electrons. The molecule has 1 amide bonds. The molecule has 0 aromatic carbocycles. The molecule has 0 spiro atoms.